The Morgan fingerprint density at radius 2 is 2.07 bits per heavy atom. The summed E-state index contributed by atoms with van der Waals surface area (Å²) in [6.07, 6.45) is -2.05. The van der Waals surface area contributed by atoms with E-state index < -0.39 is 23.5 Å². The van der Waals surface area contributed by atoms with E-state index >= 15 is 0 Å². The maximum Gasteiger partial charge on any atom is 0.471 e. The van der Waals surface area contributed by atoms with Gasteiger partial charge in [0.2, 0.25) is 0 Å². The number of piperidine rings is 1. The Hall–Kier alpha value is -2.09. The van der Waals surface area contributed by atoms with E-state index in [1.165, 1.54) is 0 Å². The summed E-state index contributed by atoms with van der Waals surface area (Å²) >= 11 is 0. The molecule has 2 saturated heterocycles. The van der Waals surface area contributed by atoms with Gasteiger partial charge in [0.1, 0.15) is 11.9 Å². The number of imidazole rings is 1. The number of nitrogens with zero attached hydrogens (tertiary/aromatic N) is 2. The first-order valence-electron chi connectivity index (χ1n) is 10.5. The summed E-state index contributed by atoms with van der Waals surface area (Å²) in [5.74, 6) is -0.918. The van der Waals surface area contributed by atoms with Crippen molar-refractivity contribution in [2.75, 3.05) is 13.2 Å². The van der Waals surface area contributed by atoms with Crippen molar-refractivity contribution in [3.63, 3.8) is 0 Å². The molecule has 1 aromatic heterocycles. The zero-order chi connectivity index (χ0) is 21.5. The Bertz CT molecular complexity index is 1020. The normalized spacial score (nSPS) is 30.5. The first-order valence-corrected chi connectivity index (χ1v) is 10.5. The summed E-state index contributed by atoms with van der Waals surface area (Å²) in [4.78, 5) is 21.3. The lowest BCUT2D eigenvalue weighted by Crippen LogP contribution is -2.66. The van der Waals surface area contributed by atoms with Gasteiger partial charge in [-0.15, -0.1) is 0 Å². The molecular formula is C22H26F3N3O2. The standard InChI is InChI=1S/C22H26F3N3O2/c1-20(2)17-10-12-9-14-15(27-18(26-14)16-5-4-8-30-16)11-13(12)21(20,3)6-7-28(17)19(29)22(23,24)25/h9,11,16-17H,4-8,10H2,1-3H3,(H,26,27)/t16-,17-,21?/m0/s1. The monoisotopic (exact) mass is 421 g/mol. The van der Waals surface area contributed by atoms with Crippen LogP contribution in [0, 0.1) is 5.41 Å². The van der Waals surface area contributed by atoms with Crippen molar-refractivity contribution in [3.8, 4) is 0 Å². The van der Waals surface area contributed by atoms with Gasteiger partial charge in [-0.2, -0.15) is 13.2 Å². The van der Waals surface area contributed by atoms with Crippen LogP contribution in [0.15, 0.2) is 12.1 Å². The van der Waals surface area contributed by atoms with Gasteiger partial charge in [0.25, 0.3) is 0 Å². The largest absolute Gasteiger partial charge is 0.471 e. The highest BCUT2D eigenvalue weighted by Gasteiger charge is 2.59. The molecule has 0 radical (unpaired) electrons. The Kier molecular flexibility index (Phi) is 4.11. The van der Waals surface area contributed by atoms with Gasteiger partial charge in [0.15, 0.2) is 0 Å². The molecule has 1 aliphatic carbocycles. The minimum absolute atomic E-state index is 0.0272. The van der Waals surface area contributed by atoms with Crippen molar-refractivity contribution in [2.45, 2.75) is 70.2 Å². The minimum Gasteiger partial charge on any atom is -0.370 e. The number of rotatable bonds is 1. The third-order valence-electron chi connectivity index (χ3n) is 7.96. The van der Waals surface area contributed by atoms with Crippen LogP contribution in [0.5, 0.6) is 0 Å². The van der Waals surface area contributed by atoms with E-state index in [4.69, 9.17) is 9.72 Å². The van der Waals surface area contributed by atoms with Crippen molar-refractivity contribution in [3.05, 3.63) is 29.1 Å². The fourth-order valence-electron chi connectivity index (χ4n) is 5.79. The third kappa shape index (κ3) is 2.65. The molecule has 3 heterocycles. The Morgan fingerprint density at radius 1 is 1.30 bits per heavy atom. The predicted molar refractivity (Wildman–Crippen MR) is 105 cm³/mol. The average Bonchev–Trinajstić information content (AvgIpc) is 3.31. The molecule has 2 aromatic rings. The van der Waals surface area contributed by atoms with Gasteiger partial charge in [0.05, 0.1) is 11.0 Å². The van der Waals surface area contributed by atoms with Crippen LogP contribution in [0.2, 0.25) is 0 Å². The molecular weight excluding hydrogens is 395 g/mol. The van der Waals surface area contributed by atoms with Crippen LogP contribution >= 0.6 is 0 Å². The van der Waals surface area contributed by atoms with E-state index in [1.807, 2.05) is 19.9 Å². The van der Waals surface area contributed by atoms with Crippen LogP contribution in [0.3, 0.4) is 0 Å². The molecule has 30 heavy (non-hydrogen) atoms. The lowest BCUT2D eigenvalue weighted by Gasteiger charge is -2.60. The second-order valence-corrected chi connectivity index (χ2v) is 9.67. The zero-order valence-electron chi connectivity index (χ0n) is 17.4. The van der Waals surface area contributed by atoms with Gasteiger partial charge in [-0.3, -0.25) is 4.79 Å². The smallest absolute Gasteiger partial charge is 0.370 e. The van der Waals surface area contributed by atoms with E-state index in [9.17, 15) is 18.0 Å². The molecule has 0 saturated carbocycles. The first kappa shape index (κ1) is 19.8. The third-order valence-corrected chi connectivity index (χ3v) is 7.96. The summed E-state index contributed by atoms with van der Waals surface area (Å²) in [6.45, 7) is 6.95. The molecule has 1 N–H and O–H groups in total. The number of hydrogen-bond donors (Lipinski definition) is 1. The molecule has 5 rings (SSSR count). The Balaban J connectivity index is 1.60. The number of halogens is 3. The van der Waals surface area contributed by atoms with Crippen molar-refractivity contribution in [1.29, 1.82) is 0 Å². The Labute approximate surface area is 173 Å². The number of carbonyl (C=O) groups is 1. The van der Waals surface area contributed by atoms with Crippen LogP contribution in [0.25, 0.3) is 11.0 Å². The topological polar surface area (TPSA) is 58.2 Å². The van der Waals surface area contributed by atoms with Crippen LogP contribution in [-0.2, 0) is 21.4 Å². The number of likely N-dealkylation sites (tertiary alicyclic amines) is 1. The molecule has 3 aliphatic rings. The summed E-state index contributed by atoms with van der Waals surface area (Å²) in [6, 6.07) is 3.60. The van der Waals surface area contributed by atoms with E-state index in [1.54, 1.807) is 0 Å². The lowest BCUT2D eigenvalue weighted by atomic mass is 9.51. The van der Waals surface area contributed by atoms with Crippen LogP contribution in [0.1, 0.15) is 63.1 Å². The van der Waals surface area contributed by atoms with Crippen molar-refractivity contribution in [2.24, 2.45) is 5.41 Å². The highest BCUT2D eigenvalue weighted by molar-refractivity contribution is 5.83. The second-order valence-electron chi connectivity index (χ2n) is 9.67. The van der Waals surface area contributed by atoms with Crippen molar-refractivity contribution < 1.29 is 22.7 Å². The highest BCUT2D eigenvalue weighted by atomic mass is 19.4. The molecule has 3 atom stereocenters. The summed E-state index contributed by atoms with van der Waals surface area (Å²) in [5.41, 5.74) is 3.04. The van der Waals surface area contributed by atoms with E-state index in [0.29, 0.717) is 12.8 Å². The Morgan fingerprint density at radius 3 is 2.73 bits per heavy atom. The number of aromatic amines is 1. The van der Waals surface area contributed by atoms with Gasteiger partial charge in [-0.25, -0.2) is 4.98 Å². The van der Waals surface area contributed by atoms with Gasteiger partial charge < -0.3 is 14.6 Å². The number of aromatic nitrogens is 2. The van der Waals surface area contributed by atoms with Crippen LogP contribution in [0.4, 0.5) is 13.2 Å². The maximum atomic E-state index is 13.2. The van der Waals surface area contributed by atoms with Crippen LogP contribution < -0.4 is 0 Å². The number of hydrogen-bond acceptors (Lipinski definition) is 3. The number of alkyl halides is 3. The number of H-pyrrole nitrogens is 1. The van der Waals surface area contributed by atoms with Crippen molar-refractivity contribution in [1.82, 2.24) is 14.9 Å². The molecule has 0 spiro atoms. The summed E-state index contributed by atoms with van der Waals surface area (Å²) < 4.78 is 45.5. The fraction of sp³-hybridized carbons (Fsp3) is 0.636. The van der Waals surface area contributed by atoms with E-state index in [2.05, 4.69) is 18.0 Å². The van der Waals surface area contributed by atoms with Gasteiger partial charge >= 0.3 is 12.1 Å². The number of benzene rings is 1. The summed E-state index contributed by atoms with van der Waals surface area (Å²) in [5, 5.41) is 0. The number of amides is 1. The molecule has 1 amide bonds. The molecule has 2 bridgehead atoms. The SMILES string of the molecule is CC12CCN(C(=O)C(F)(F)F)[C@@H](Cc3cc4nc([C@@H]5CCCO5)[nH]c4cc31)C2(C)C. The van der Waals surface area contributed by atoms with Gasteiger partial charge in [0, 0.05) is 24.6 Å². The molecule has 1 unspecified atom stereocenters. The second kappa shape index (κ2) is 6.22. The molecule has 162 valence electrons. The lowest BCUT2D eigenvalue weighted by molar-refractivity contribution is -0.195. The first-order chi connectivity index (χ1) is 14.0. The highest BCUT2D eigenvalue weighted by Crippen LogP contribution is 2.56. The number of carbonyl (C=O) groups excluding carboxylic acids is 1. The molecule has 2 fully saturated rings. The van der Waals surface area contributed by atoms with E-state index in [-0.39, 0.29) is 18.1 Å². The average molecular weight is 421 g/mol. The molecule has 1 aromatic carbocycles. The number of nitrogens with one attached hydrogen (secondary N) is 1. The minimum atomic E-state index is -4.85. The zero-order valence-corrected chi connectivity index (χ0v) is 17.4. The maximum absolute atomic E-state index is 13.2. The van der Waals surface area contributed by atoms with Crippen LogP contribution in [-0.4, -0.2) is 46.1 Å². The number of ether oxygens (including phenoxy) is 1. The van der Waals surface area contributed by atoms with E-state index in [0.717, 1.165) is 52.3 Å². The quantitative estimate of drug-likeness (QED) is 0.742. The molecule has 2 aliphatic heterocycles. The fourth-order valence-corrected chi connectivity index (χ4v) is 5.79. The predicted octanol–water partition coefficient (Wildman–Crippen LogP) is 4.42. The summed E-state index contributed by atoms with van der Waals surface area (Å²) in [7, 11) is 0. The molecule has 5 nitrogen and oxygen atoms in total. The molecule has 8 heteroatoms. The van der Waals surface area contributed by atoms with Crippen molar-refractivity contribution >= 4 is 16.9 Å². The van der Waals surface area contributed by atoms with Gasteiger partial charge in [-0.05, 0) is 54.4 Å². The van der Waals surface area contributed by atoms with Gasteiger partial charge in [-0.1, -0.05) is 20.8 Å². The number of fused-ring (bicyclic) bond motifs is 5.